The van der Waals surface area contributed by atoms with Gasteiger partial charge >= 0.3 is 0 Å². The van der Waals surface area contributed by atoms with E-state index in [4.69, 9.17) is 14.3 Å². The van der Waals surface area contributed by atoms with Crippen LogP contribution >= 0.6 is 0 Å². The van der Waals surface area contributed by atoms with Crippen LogP contribution in [-0.2, 0) is 9.16 Å². The molecule has 0 fully saturated rings. The summed E-state index contributed by atoms with van der Waals surface area (Å²) in [5.74, 6) is 5.83. The van der Waals surface area contributed by atoms with Crippen molar-refractivity contribution in [1.29, 1.82) is 0 Å². The van der Waals surface area contributed by atoms with Gasteiger partial charge in [0.25, 0.3) is 8.32 Å². The number of aliphatic hydroxyl groups excluding tert-OH is 1. The first-order valence-electron chi connectivity index (χ1n) is 11.6. The molecule has 0 saturated carbocycles. The van der Waals surface area contributed by atoms with E-state index in [-0.39, 0.29) is 30.0 Å². The van der Waals surface area contributed by atoms with Gasteiger partial charge in [0, 0.05) is 6.42 Å². The Morgan fingerprint density at radius 1 is 0.969 bits per heavy atom. The van der Waals surface area contributed by atoms with Crippen LogP contribution in [0.15, 0.2) is 72.8 Å². The van der Waals surface area contributed by atoms with E-state index in [1.807, 2.05) is 0 Å². The van der Waals surface area contributed by atoms with Crippen molar-refractivity contribution in [3.05, 3.63) is 72.8 Å². The first-order chi connectivity index (χ1) is 15.4. The lowest BCUT2D eigenvalue weighted by Crippen LogP contribution is -2.68. The van der Waals surface area contributed by atoms with E-state index in [1.165, 1.54) is 10.4 Å². The normalized spacial score (nSPS) is 22.8. The van der Waals surface area contributed by atoms with Crippen LogP contribution in [0.4, 0.5) is 0 Å². The van der Waals surface area contributed by atoms with Gasteiger partial charge in [0.05, 0.1) is 12.2 Å². The zero-order chi connectivity index (χ0) is 23.0. The lowest BCUT2D eigenvalue weighted by Gasteiger charge is -2.46. The molecule has 2 aromatic rings. The molecule has 0 radical (unpaired) electrons. The maximum atomic E-state index is 9.13. The molecule has 2 aromatic carbocycles. The van der Waals surface area contributed by atoms with Crippen molar-refractivity contribution in [2.75, 3.05) is 6.61 Å². The number of ether oxygens (including phenoxy) is 1. The van der Waals surface area contributed by atoms with Gasteiger partial charge in [-0.15, -0.1) is 0 Å². The molecule has 0 aliphatic carbocycles. The summed E-state index contributed by atoms with van der Waals surface area (Å²) in [4.78, 5) is 0. The van der Waals surface area contributed by atoms with Gasteiger partial charge in [0.15, 0.2) is 0 Å². The number of benzene rings is 2. The van der Waals surface area contributed by atoms with Gasteiger partial charge in [0.1, 0.15) is 12.7 Å². The molecule has 32 heavy (non-hydrogen) atoms. The van der Waals surface area contributed by atoms with Gasteiger partial charge in [0.2, 0.25) is 0 Å². The molecule has 4 heteroatoms. The van der Waals surface area contributed by atoms with Crippen molar-refractivity contribution in [3.8, 4) is 11.8 Å². The van der Waals surface area contributed by atoms with Gasteiger partial charge in [-0.25, -0.2) is 0 Å². The minimum Gasteiger partial charge on any atom is -0.402 e. The molecular weight excluding hydrogens is 412 g/mol. The molecule has 0 aromatic heterocycles. The third kappa shape index (κ3) is 5.42. The molecule has 1 heterocycles. The summed E-state index contributed by atoms with van der Waals surface area (Å²) in [6.45, 7) is 8.90. The molecule has 1 aliphatic rings. The molecule has 1 aliphatic heterocycles. The summed E-state index contributed by atoms with van der Waals surface area (Å²) in [6.07, 6.45) is 6.34. The van der Waals surface area contributed by atoms with Crippen LogP contribution in [0.25, 0.3) is 0 Å². The number of hydrogen-bond acceptors (Lipinski definition) is 3. The van der Waals surface area contributed by atoms with Crippen molar-refractivity contribution in [3.63, 3.8) is 0 Å². The van der Waals surface area contributed by atoms with E-state index in [0.29, 0.717) is 0 Å². The first-order valence-corrected chi connectivity index (χ1v) is 13.5. The summed E-state index contributed by atoms with van der Waals surface area (Å²) < 4.78 is 13.8. The van der Waals surface area contributed by atoms with E-state index in [1.54, 1.807) is 0 Å². The second kappa shape index (κ2) is 11.1. The fourth-order valence-corrected chi connectivity index (χ4v) is 9.33. The maximum Gasteiger partial charge on any atom is 0.261 e. The molecular formula is C28H36O3Si. The molecule has 0 spiro atoms. The molecule has 0 bridgehead atoms. The SMILES string of the molecule is CC[C@H]1O[C@@H](C#CCO)C/C=C\C[C@H]1O[Si](c1ccccc1)(c1ccccc1)C(C)(C)C. The van der Waals surface area contributed by atoms with Gasteiger partial charge in [-0.1, -0.05) is 112 Å². The Morgan fingerprint density at radius 2 is 1.53 bits per heavy atom. The van der Waals surface area contributed by atoms with Gasteiger partial charge < -0.3 is 14.3 Å². The van der Waals surface area contributed by atoms with Crippen LogP contribution in [0, 0.1) is 11.8 Å². The van der Waals surface area contributed by atoms with Gasteiger partial charge in [-0.2, -0.15) is 0 Å². The molecule has 0 saturated heterocycles. The highest BCUT2D eigenvalue weighted by molar-refractivity contribution is 6.99. The third-order valence-corrected chi connectivity index (χ3v) is 11.2. The number of rotatable bonds is 5. The van der Waals surface area contributed by atoms with E-state index >= 15 is 0 Å². The summed E-state index contributed by atoms with van der Waals surface area (Å²) in [7, 11) is -2.67. The Hall–Kier alpha value is -2.16. The topological polar surface area (TPSA) is 38.7 Å². The average Bonchev–Trinajstić information content (AvgIpc) is 2.78. The fraction of sp³-hybridized carbons (Fsp3) is 0.429. The van der Waals surface area contributed by atoms with E-state index in [9.17, 15) is 0 Å². The first kappa shape index (κ1) is 24.5. The number of aliphatic hydroxyl groups is 1. The molecule has 0 unspecified atom stereocenters. The lowest BCUT2D eigenvalue weighted by atomic mass is 10.0. The minimum atomic E-state index is -2.67. The van der Waals surface area contributed by atoms with Crippen LogP contribution in [0.3, 0.4) is 0 Å². The standard InChI is InChI=1S/C28H36O3Si/c1-5-26-27(21-13-12-15-23(30-26)16-14-22-29)31-32(28(2,3)4,24-17-8-6-9-18-24)25-19-10-7-11-20-25/h6-13,17-20,23,26-27,29H,5,15,21-22H2,1-4H3/b13-12-/t23-,26-,27-/m1/s1. The Labute approximate surface area is 194 Å². The van der Waals surface area contributed by atoms with Gasteiger partial charge in [-0.3, -0.25) is 0 Å². The molecule has 3 atom stereocenters. The van der Waals surface area contributed by atoms with Gasteiger partial charge in [-0.05, 0) is 28.3 Å². The Bertz CT molecular complexity index is 882. The largest absolute Gasteiger partial charge is 0.402 e. The highest BCUT2D eigenvalue weighted by atomic mass is 28.4. The fourth-order valence-electron chi connectivity index (χ4n) is 4.61. The molecule has 0 amide bonds. The van der Waals surface area contributed by atoms with Crippen LogP contribution in [0.2, 0.25) is 5.04 Å². The second-order valence-corrected chi connectivity index (χ2v) is 13.6. The third-order valence-electron chi connectivity index (χ3n) is 6.13. The summed E-state index contributed by atoms with van der Waals surface area (Å²) in [5, 5.41) is 11.6. The Kier molecular flexibility index (Phi) is 8.50. The second-order valence-electron chi connectivity index (χ2n) is 9.31. The zero-order valence-electron chi connectivity index (χ0n) is 19.8. The highest BCUT2D eigenvalue weighted by Gasteiger charge is 2.52. The maximum absolute atomic E-state index is 9.13. The summed E-state index contributed by atoms with van der Waals surface area (Å²) >= 11 is 0. The van der Waals surface area contributed by atoms with Crippen LogP contribution < -0.4 is 10.4 Å². The molecule has 3 nitrogen and oxygen atoms in total. The highest BCUT2D eigenvalue weighted by Crippen LogP contribution is 2.39. The van der Waals surface area contributed by atoms with Crippen molar-refractivity contribution < 1.29 is 14.3 Å². The van der Waals surface area contributed by atoms with Crippen LogP contribution in [0.1, 0.15) is 47.0 Å². The monoisotopic (exact) mass is 448 g/mol. The van der Waals surface area contributed by atoms with E-state index < -0.39 is 8.32 Å². The summed E-state index contributed by atoms with van der Waals surface area (Å²) in [5.41, 5.74) is 0. The number of hydrogen-bond donors (Lipinski definition) is 1. The quantitative estimate of drug-likeness (QED) is 0.417. The minimum absolute atomic E-state index is 0.0698. The molecule has 3 rings (SSSR count). The Balaban J connectivity index is 2.09. The Morgan fingerprint density at radius 3 is 2.03 bits per heavy atom. The molecule has 1 N–H and O–H groups in total. The lowest BCUT2D eigenvalue weighted by molar-refractivity contribution is -0.0533. The zero-order valence-corrected chi connectivity index (χ0v) is 20.8. The van der Waals surface area contributed by atoms with E-state index in [2.05, 4.69) is 112 Å². The van der Waals surface area contributed by atoms with Crippen molar-refractivity contribution in [1.82, 2.24) is 0 Å². The van der Waals surface area contributed by atoms with Crippen LogP contribution in [-0.4, -0.2) is 38.3 Å². The predicted octanol–water partition coefficient (Wildman–Crippen LogP) is 4.44. The molecule has 170 valence electrons. The summed E-state index contributed by atoms with van der Waals surface area (Å²) in [6, 6.07) is 21.5. The predicted molar refractivity (Wildman–Crippen MR) is 135 cm³/mol. The average molecular weight is 449 g/mol. The van der Waals surface area contributed by atoms with Crippen molar-refractivity contribution >= 4 is 18.7 Å². The van der Waals surface area contributed by atoms with E-state index in [0.717, 1.165) is 19.3 Å². The smallest absolute Gasteiger partial charge is 0.261 e. The van der Waals surface area contributed by atoms with Crippen molar-refractivity contribution in [2.45, 2.75) is 70.3 Å². The van der Waals surface area contributed by atoms with Crippen molar-refractivity contribution in [2.24, 2.45) is 0 Å². The van der Waals surface area contributed by atoms with Crippen LogP contribution in [0.5, 0.6) is 0 Å².